The highest BCUT2D eigenvalue weighted by Gasteiger charge is 2.43. The molecule has 0 aliphatic carbocycles. The second-order valence-corrected chi connectivity index (χ2v) is 3.83. The monoisotopic (exact) mass is 260 g/mol. The zero-order valence-electron chi connectivity index (χ0n) is 10.5. The minimum atomic E-state index is -1.07. The first-order chi connectivity index (χ1) is 8.45. The van der Waals surface area contributed by atoms with Gasteiger partial charge >= 0.3 is 17.9 Å². The summed E-state index contributed by atoms with van der Waals surface area (Å²) in [6, 6.07) is 0. The molecule has 0 unspecified atom stereocenters. The van der Waals surface area contributed by atoms with Crippen molar-refractivity contribution in [2.45, 2.75) is 38.6 Å². The lowest BCUT2D eigenvalue weighted by Crippen LogP contribution is -2.52. The van der Waals surface area contributed by atoms with E-state index in [0.29, 0.717) is 6.42 Å². The van der Waals surface area contributed by atoms with Gasteiger partial charge in [-0.3, -0.25) is 9.59 Å². The Morgan fingerprint density at radius 3 is 2.22 bits per heavy atom. The lowest BCUT2D eigenvalue weighted by molar-refractivity contribution is -0.202. The molecule has 1 fully saturated rings. The number of hydrogen-bond acceptors (Lipinski definition) is 7. The zero-order chi connectivity index (χ0) is 13.7. The standard InChI is InChI=1S/C11H16O7/c1-6(12)17-8-4-5-16-10(11(14)15-3)9(8)18-7(2)13/h8-10H,4-5H2,1-3H3/t8-,9+,10+/m1/s1. The number of carbonyl (C=O) groups excluding carboxylic acids is 3. The number of methoxy groups -OCH3 is 1. The Morgan fingerprint density at radius 1 is 1.11 bits per heavy atom. The van der Waals surface area contributed by atoms with Gasteiger partial charge in [-0.05, 0) is 0 Å². The molecule has 0 N–H and O–H groups in total. The predicted octanol–water partition coefficient (Wildman–Crippen LogP) is -0.188. The second-order valence-electron chi connectivity index (χ2n) is 3.83. The van der Waals surface area contributed by atoms with Gasteiger partial charge in [-0.2, -0.15) is 0 Å². The van der Waals surface area contributed by atoms with Crippen molar-refractivity contribution >= 4 is 17.9 Å². The highest BCUT2D eigenvalue weighted by Crippen LogP contribution is 2.22. The van der Waals surface area contributed by atoms with Crippen molar-refractivity contribution < 1.29 is 33.3 Å². The van der Waals surface area contributed by atoms with E-state index in [-0.39, 0.29) is 6.61 Å². The second kappa shape index (κ2) is 6.34. The van der Waals surface area contributed by atoms with Crippen LogP contribution in [-0.2, 0) is 33.3 Å². The minimum Gasteiger partial charge on any atom is -0.467 e. The van der Waals surface area contributed by atoms with E-state index in [1.165, 1.54) is 21.0 Å². The van der Waals surface area contributed by atoms with Crippen LogP contribution in [-0.4, -0.2) is 49.9 Å². The number of carbonyl (C=O) groups is 3. The fourth-order valence-corrected chi connectivity index (χ4v) is 1.75. The first kappa shape index (κ1) is 14.4. The smallest absolute Gasteiger partial charge is 0.339 e. The molecule has 0 aromatic carbocycles. The summed E-state index contributed by atoms with van der Waals surface area (Å²) in [4.78, 5) is 33.5. The van der Waals surface area contributed by atoms with Crippen molar-refractivity contribution in [3.05, 3.63) is 0 Å². The van der Waals surface area contributed by atoms with Crippen LogP contribution in [0.3, 0.4) is 0 Å². The summed E-state index contributed by atoms with van der Waals surface area (Å²) in [6.45, 7) is 2.66. The topological polar surface area (TPSA) is 88.1 Å². The first-order valence-corrected chi connectivity index (χ1v) is 5.49. The lowest BCUT2D eigenvalue weighted by atomic mass is 10.0. The maximum absolute atomic E-state index is 11.5. The van der Waals surface area contributed by atoms with Gasteiger partial charge < -0.3 is 18.9 Å². The van der Waals surface area contributed by atoms with Crippen molar-refractivity contribution in [1.82, 2.24) is 0 Å². The number of hydrogen-bond donors (Lipinski definition) is 0. The van der Waals surface area contributed by atoms with E-state index in [9.17, 15) is 14.4 Å². The molecule has 1 aliphatic heterocycles. The Bertz CT molecular complexity index is 338. The molecule has 7 heteroatoms. The molecule has 102 valence electrons. The van der Waals surface area contributed by atoms with Crippen LogP contribution in [0.2, 0.25) is 0 Å². The molecule has 3 atom stereocenters. The molecule has 0 bridgehead atoms. The zero-order valence-corrected chi connectivity index (χ0v) is 10.5. The highest BCUT2D eigenvalue weighted by molar-refractivity contribution is 5.76. The largest absolute Gasteiger partial charge is 0.467 e. The third-order valence-electron chi connectivity index (χ3n) is 2.42. The summed E-state index contributed by atoms with van der Waals surface area (Å²) >= 11 is 0. The summed E-state index contributed by atoms with van der Waals surface area (Å²) in [5, 5.41) is 0. The summed E-state index contributed by atoms with van der Waals surface area (Å²) in [7, 11) is 1.20. The van der Waals surface area contributed by atoms with Crippen LogP contribution in [0, 0.1) is 0 Å². The number of ether oxygens (including phenoxy) is 4. The highest BCUT2D eigenvalue weighted by atomic mass is 16.6. The SMILES string of the molecule is COC(=O)[C@H]1OCC[C@@H](OC(C)=O)[C@@H]1OC(C)=O. The average molecular weight is 260 g/mol. The van der Waals surface area contributed by atoms with E-state index in [1.807, 2.05) is 0 Å². The fraction of sp³-hybridized carbons (Fsp3) is 0.727. The number of esters is 3. The van der Waals surface area contributed by atoms with Crippen molar-refractivity contribution in [2.75, 3.05) is 13.7 Å². The summed E-state index contributed by atoms with van der Waals surface area (Å²) < 4.78 is 19.8. The van der Waals surface area contributed by atoms with Gasteiger partial charge in [0.25, 0.3) is 0 Å². The van der Waals surface area contributed by atoms with E-state index in [1.54, 1.807) is 0 Å². The van der Waals surface area contributed by atoms with E-state index in [2.05, 4.69) is 4.74 Å². The molecule has 0 radical (unpaired) electrons. The normalized spacial score (nSPS) is 27.2. The van der Waals surface area contributed by atoms with Crippen molar-refractivity contribution in [1.29, 1.82) is 0 Å². The molecule has 0 spiro atoms. The molecule has 1 heterocycles. The molecule has 0 saturated carbocycles. The molecule has 0 aromatic heterocycles. The van der Waals surface area contributed by atoms with Crippen LogP contribution in [0.5, 0.6) is 0 Å². The third-order valence-corrected chi connectivity index (χ3v) is 2.42. The van der Waals surface area contributed by atoms with E-state index >= 15 is 0 Å². The Morgan fingerprint density at radius 2 is 1.72 bits per heavy atom. The van der Waals surface area contributed by atoms with Gasteiger partial charge in [-0.1, -0.05) is 0 Å². The van der Waals surface area contributed by atoms with Crippen LogP contribution in [0.15, 0.2) is 0 Å². The van der Waals surface area contributed by atoms with E-state index in [0.717, 1.165) is 0 Å². The van der Waals surface area contributed by atoms with Crippen LogP contribution in [0.1, 0.15) is 20.3 Å². The van der Waals surface area contributed by atoms with E-state index < -0.39 is 36.2 Å². The summed E-state index contributed by atoms with van der Waals surface area (Å²) in [5.41, 5.74) is 0. The molecular weight excluding hydrogens is 244 g/mol. The van der Waals surface area contributed by atoms with Gasteiger partial charge in [-0.25, -0.2) is 4.79 Å². The maximum Gasteiger partial charge on any atom is 0.339 e. The summed E-state index contributed by atoms with van der Waals surface area (Å²) in [6.07, 6.45) is -2.40. The Hall–Kier alpha value is -1.63. The summed E-state index contributed by atoms with van der Waals surface area (Å²) in [5.74, 6) is -1.77. The molecule has 1 rings (SSSR count). The van der Waals surface area contributed by atoms with Gasteiger partial charge in [0.05, 0.1) is 13.7 Å². The van der Waals surface area contributed by atoms with Gasteiger partial charge in [0.2, 0.25) is 0 Å². The van der Waals surface area contributed by atoms with Crippen LogP contribution >= 0.6 is 0 Å². The quantitative estimate of drug-likeness (QED) is 0.513. The van der Waals surface area contributed by atoms with E-state index in [4.69, 9.17) is 14.2 Å². The van der Waals surface area contributed by atoms with Gasteiger partial charge in [0.15, 0.2) is 12.2 Å². The fourth-order valence-electron chi connectivity index (χ4n) is 1.75. The van der Waals surface area contributed by atoms with Crippen LogP contribution < -0.4 is 0 Å². The molecule has 1 aliphatic rings. The Kier molecular flexibility index (Phi) is 5.08. The van der Waals surface area contributed by atoms with Crippen molar-refractivity contribution in [3.63, 3.8) is 0 Å². The molecule has 0 amide bonds. The van der Waals surface area contributed by atoms with Gasteiger partial charge in [0, 0.05) is 20.3 Å². The predicted molar refractivity (Wildman–Crippen MR) is 57.5 cm³/mol. The average Bonchev–Trinajstić information content (AvgIpc) is 2.29. The van der Waals surface area contributed by atoms with Gasteiger partial charge in [-0.15, -0.1) is 0 Å². The molecule has 0 aromatic rings. The van der Waals surface area contributed by atoms with Crippen LogP contribution in [0.4, 0.5) is 0 Å². The lowest BCUT2D eigenvalue weighted by Gasteiger charge is -2.34. The Balaban J connectivity index is 2.85. The van der Waals surface area contributed by atoms with Crippen LogP contribution in [0.25, 0.3) is 0 Å². The van der Waals surface area contributed by atoms with Crippen molar-refractivity contribution in [3.8, 4) is 0 Å². The molecule has 7 nitrogen and oxygen atoms in total. The van der Waals surface area contributed by atoms with Crippen molar-refractivity contribution in [2.24, 2.45) is 0 Å². The minimum absolute atomic E-state index is 0.218. The van der Waals surface area contributed by atoms with Gasteiger partial charge in [0.1, 0.15) is 6.10 Å². The molecule has 1 saturated heterocycles. The maximum atomic E-state index is 11.5. The Labute approximate surface area is 104 Å². The molecular formula is C11H16O7. The number of rotatable bonds is 3. The first-order valence-electron chi connectivity index (χ1n) is 5.49. The molecule has 18 heavy (non-hydrogen) atoms. The third kappa shape index (κ3) is 3.69.